The van der Waals surface area contributed by atoms with Gasteiger partial charge in [0.1, 0.15) is 17.3 Å². The second-order valence-corrected chi connectivity index (χ2v) is 4.97. The number of alkyl halides is 3. The molecule has 6 heteroatoms. The molecular formula is C18H11F3O3. The molecule has 0 fully saturated rings. The van der Waals surface area contributed by atoms with Crippen LogP contribution >= 0.6 is 0 Å². The maximum absolute atomic E-state index is 12.5. The Hall–Kier alpha value is -3.02. The molecule has 0 aliphatic rings. The number of benzene rings is 2. The second kappa shape index (κ2) is 6.23. The molecular weight excluding hydrogens is 321 g/mol. The van der Waals surface area contributed by atoms with Crippen molar-refractivity contribution in [2.24, 2.45) is 0 Å². The summed E-state index contributed by atoms with van der Waals surface area (Å²) in [5, 5.41) is 0. The van der Waals surface area contributed by atoms with Gasteiger partial charge in [-0.15, -0.1) is 0 Å². The lowest BCUT2D eigenvalue weighted by atomic mass is 10.1. The summed E-state index contributed by atoms with van der Waals surface area (Å²) in [5.74, 6) is 1.55. The summed E-state index contributed by atoms with van der Waals surface area (Å²) in [6.45, 7) is 0. The van der Waals surface area contributed by atoms with E-state index in [1.807, 2.05) is 0 Å². The number of hydrogen-bond acceptors (Lipinski definition) is 3. The molecule has 0 unspecified atom stereocenters. The zero-order valence-corrected chi connectivity index (χ0v) is 12.2. The third-order valence-electron chi connectivity index (χ3n) is 3.30. The monoisotopic (exact) mass is 332 g/mol. The largest absolute Gasteiger partial charge is 0.457 e. The van der Waals surface area contributed by atoms with Gasteiger partial charge in [-0.2, -0.15) is 13.2 Å². The van der Waals surface area contributed by atoms with Crippen LogP contribution in [0.2, 0.25) is 0 Å². The Kier molecular flexibility index (Phi) is 4.12. The summed E-state index contributed by atoms with van der Waals surface area (Å²) in [7, 11) is 0. The number of halogens is 3. The molecule has 0 spiro atoms. The van der Waals surface area contributed by atoms with Crippen LogP contribution in [0, 0.1) is 0 Å². The molecule has 1 aromatic heterocycles. The lowest BCUT2D eigenvalue weighted by Gasteiger charge is -2.09. The highest BCUT2D eigenvalue weighted by Crippen LogP contribution is 2.32. The van der Waals surface area contributed by atoms with Gasteiger partial charge in [-0.1, -0.05) is 0 Å². The third kappa shape index (κ3) is 3.48. The highest BCUT2D eigenvalue weighted by Gasteiger charge is 2.30. The number of aldehydes is 1. The fourth-order valence-electron chi connectivity index (χ4n) is 2.11. The summed E-state index contributed by atoms with van der Waals surface area (Å²) in [5.41, 5.74) is 0.0249. The van der Waals surface area contributed by atoms with Crippen LogP contribution in [0.5, 0.6) is 11.5 Å². The van der Waals surface area contributed by atoms with Gasteiger partial charge in [0.25, 0.3) is 0 Å². The van der Waals surface area contributed by atoms with Crippen LogP contribution in [0.4, 0.5) is 13.2 Å². The summed E-state index contributed by atoms with van der Waals surface area (Å²) in [6.07, 6.45) is -3.75. The van der Waals surface area contributed by atoms with Gasteiger partial charge < -0.3 is 9.15 Å². The van der Waals surface area contributed by atoms with Crippen molar-refractivity contribution < 1.29 is 27.1 Å². The second-order valence-electron chi connectivity index (χ2n) is 4.97. The Morgan fingerprint density at radius 3 is 1.92 bits per heavy atom. The molecule has 0 saturated heterocycles. The Labute approximate surface area is 135 Å². The van der Waals surface area contributed by atoms with E-state index < -0.39 is 11.7 Å². The van der Waals surface area contributed by atoms with Crippen LogP contribution in [0.1, 0.15) is 16.1 Å². The standard InChI is InChI=1S/C18H11F3O3/c19-18(20,21)13-3-7-15(8-4-13)23-14-5-1-12(2-6-14)17-10-9-16(11-22)24-17/h1-11H. The lowest BCUT2D eigenvalue weighted by molar-refractivity contribution is -0.137. The summed E-state index contributed by atoms with van der Waals surface area (Å²) < 4.78 is 48.3. The van der Waals surface area contributed by atoms with Crippen molar-refractivity contribution in [2.45, 2.75) is 6.18 Å². The van der Waals surface area contributed by atoms with Crippen LogP contribution in [-0.2, 0) is 6.18 Å². The van der Waals surface area contributed by atoms with Gasteiger partial charge in [0.05, 0.1) is 5.56 Å². The van der Waals surface area contributed by atoms with Gasteiger partial charge in [0, 0.05) is 5.56 Å². The average molecular weight is 332 g/mol. The average Bonchev–Trinajstić information content (AvgIpc) is 3.04. The molecule has 0 radical (unpaired) electrons. The molecule has 0 atom stereocenters. The van der Waals surface area contributed by atoms with E-state index in [9.17, 15) is 18.0 Å². The van der Waals surface area contributed by atoms with Gasteiger partial charge in [-0.05, 0) is 60.7 Å². The normalized spacial score (nSPS) is 11.3. The van der Waals surface area contributed by atoms with E-state index in [0.29, 0.717) is 23.5 Å². The number of carbonyl (C=O) groups excluding carboxylic acids is 1. The number of carbonyl (C=O) groups is 1. The highest BCUT2D eigenvalue weighted by molar-refractivity contribution is 5.72. The quantitative estimate of drug-likeness (QED) is 0.586. The maximum Gasteiger partial charge on any atom is 0.416 e. The molecule has 3 rings (SSSR count). The van der Waals surface area contributed by atoms with Crippen LogP contribution in [0.3, 0.4) is 0 Å². The van der Waals surface area contributed by atoms with E-state index in [4.69, 9.17) is 9.15 Å². The molecule has 0 saturated carbocycles. The number of ether oxygens (including phenoxy) is 1. The molecule has 0 N–H and O–H groups in total. The van der Waals surface area contributed by atoms with Crippen LogP contribution < -0.4 is 4.74 Å². The minimum absolute atomic E-state index is 0.232. The minimum Gasteiger partial charge on any atom is -0.457 e. The molecule has 0 aliphatic heterocycles. The van der Waals surface area contributed by atoms with E-state index in [-0.39, 0.29) is 5.76 Å². The van der Waals surface area contributed by atoms with Crippen molar-refractivity contribution in [1.29, 1.82) is 0 Å². The van der Waals surface area contributed by atoms with Crippen molar-refractivity contribution in [3.63, 3.8) is 0 Å². The first-order chi connectivity index (χ1) is 11.5. The van der Waals surface area contributed by atoms with Crippen molar-refractivity contribution >= 4 is 6.29 Å². The molecule has 3 nitrogen and oxygen atoms in total. The smallest absolute Gasteiger partial charge is 0.416 e. The van der Waals surface area contributed by atoms with Crippen molar-refractivity contribution in [3.8, 4) is 22.8 Å². The van der Waals surface area contributed by atoms with Crippen LogP contribution in [0.15, 0.2) is 65.1 Å². The van der Waals surface area contributed by atoms with E-state index in [0.717, 1.165) is 17.7 Å². The SMILES string of the molecule is O=Cc1ccc(-c2ccc(Oc3ccc(C(F)(F)F)cc3)cc2)o1. The van der Waals surface area contributed by atoms with Gasteiger partial charge in [-0.3, -0.25) is 4.79 Å². The molecule has 122 valence electrons. The van der Waals surface area contributed by atoms with E-state index in [1.54, 1.807) is 36.4 Å². The topological polar surface area (TPSA) is 39.4 Å². The summed E-state index contributed by atoms with van der Waals surface area (Å²) in [4.78, 5) is 10.6. The number of hydrogen-bond donors (Lipinski definition) is 0. The van der Waals surface area contributed by atoms with E-state index in [1.165, 1.54) is 12.1 Å². The molecule has 3 aromatic rings. The van der Waals surface area contributed by atoms with Crippen molar-refractivity contribution in [3.05, 3.63) is 72.0 Å². The highest BCUT2D eigenvalue weighted by atomic mass is 19.4. The molecule has 0 aliphatic carbocycles. The lowest BCUT2D eigenvalue weighted by Crippen LogP contribution is -2.03. The van der Waals surface area contributed by atoms with Gasteiger partial charge in [0.15, 0.2) is 12.0 Å². The minimum atomic E-state index is -4.37. The summed E-state index contributed by atoms with van der Waals surface area (Å²) in [6, 6.07) is 14.5. The summed E-state index contributed by atoms with van der Waals surface area (Å²) >= 11 is 0. The molecule has 2 aromatic carbocycles. The number of rotatable bonds is 4. The predicted octanol–water partition coefficient (Wildman–Crippen LogP) is 5.57. The Morgan fingerprint density at radius 2 is 1.42 bits per heavy atom. The predicted molar refractivity (Wildman–Crippen MR) is 81.0 cm³/mol. The molecule has 0 amide bonds. The zero-order chi connectivity index (χ0) is 17.2. The Morgan fingerprint density at radius 1 is 0.833 bits per heavy atom. The molecule has 24 heavy (non-hydrogen) atoms. The first-order valence-corrected chi connectivity index (χ1v) is 6.96. The number of furan rings is 1. The van der Waals surface area contributed by atoms with Crippen molar-refractivity contribution in [1.82, 2.24) is 0 Å². The van der Waals surface area contributed by atoms with E-state index in [2.05, 4.69) is 0 Å². The first-order valence-electron chi connectivity index (χ1n) is 6.96. The Bertz CT molecular complexity index is 831. The first kappa shape index (κ1) is 15.9. The van der Waals surface area contributed by atoms with Gasteiger partial charge in [0.2, 0.25) is 0 Å². The van der Waals surface area contributed by atoms with Gasteiger partial charge >= 0.3 is 6.18 Å². The molecule has 1 heterocycles. The van der Waals surface area contributed by atoms with E-state index >= 15 is 0 Å². The van der Waals surface area contributed by atoms with Crippen molar-refractivity contribution in [2.75, 3.05) is 0 Å². The van der Waals surface area contributed by atoms with Crippen LogP contribution in [0.25, 0.3) is 11.3 Å². The fraction of sp³-hybridized carbons (Fsp3) is 0.0556. The maximum atomic E-state index is 12.5. The fourth-order valence-corrected chi connectivity index (χ4v) is 2.11. The molecule has 0 bridgehead atoms. The Balaban J connectivity index is 1.73. The van der Waals surface area contributed by atoms with Crippen LogP contribution in [-0.4, -0.2) is 6.29 Å². The van der Waals surface area contributed by atoms with Gasteiger partial charge in [-0.25, -0.2) is 0 Å². The zero-order valence-electron chi connectivity index (χ0n) is 12.2. The third-order valence-corrected chi connectivity index (χ3v) is 3.30.